The van der Waals surface area contributed by atoms with Crippen LogP contribution >= 0.6 is 0 Å². The first-order valence-corrected chi connectivity index (χ1v) is 6.35. The summed E-state index contributed by atoms with van der Waals surface area (Å²) in [6.07, 6.45) is 3.57. The van der Waals surface area contributed by atoms with Crippen LogP contribution in [0.3, 0.4) is 0 Å². The molecule has 0 saturated heterocycles. The Balaban J connectivity index is 0.000000191. The Bertz CT molecular complexity index is 438. The highest BCUT2D eigenvalue weighted by Crippen LogP contribution is 2.05. The van der Waals surface area contributed by atoms with E-state index in [2.05, 4.69) is 48.2 Å². The molecule has 19 heavy (non-hydrogen) atoms. The summed E-state index contributed by atoms with van der Waals surface area (Å²) in [5, 5.41) is 0. The van der Waals surface area contributed by atoms with E-state index < -0.39 is 0 Å². The number of hydrogen-bond acceptors (Lipinski definition) is 3. The fraction of sp³-hybridized carbons (Fsp3) is 0.312. The van der Waals surface area contributed by atoms with Crippen molar-refractivity contribution in [3.8, 4) is 0 Å². The molecule has 3 heteroatoms. The fourth-order valence-corrected chi connectivity index (χ4v) is 1.59. The standard InChI is InChI=1S/C9H13N.C7H10N2/c1-10(2)8-9-6-4-3-5-7-9;1-9(2)7-3-5-8-6-4-7/h3-7H,8H2,1-2H3;3-6H,1-2H3. The maximum absolute atomic E-state index is 3.90. The zero-order valence-electron chi connectivity index (χ0n) is 12.2. The van der Waals surface area contributed by atoms with Crippen LogP contribution in [0.5, 0.6) is 0 Å². The van der Waals surface area contributed by atoms with Gasteiger partial charge in [-0.15, -0.1) is 0 Å². The number of pyridine rings is 1. The van der Waals surface area contributed by atoms with Crippen LogP contribution in [0.25, 0.3) is 0 Å². The molecule has 3 nitrogen and oxygen atoms in total. The van der Waals surface area contributed by atoms with Crippen LogP contribution in [0.4, 0.5) is 5.69 Å². The van der Waals surface area contributed by atoms with Crippen LogP contribution < -0.4 is 4.90 Å². The first-order chi connectivity index (χ1) is 9.09. The predicted octanol–water partition coefficient (Wildman–Crippen LogP) is 2.90. The lowest BCUT2D eigenvalue weighted by molar-refractivity contribution is 0.402. The lowest BCUT2D eigenvalue weighted by Crippen LogP contribution is -2.10. The quantitative estimate of drug-likeness (QED) is 0.843. The lowest BCUT2D eigenvalue weighted by Gasteiger charge is -2.10. The van der Waals surface area contributed by atoms with Gasteiger partial charge in [0, 0.05) is 38.7 Å². The van der Waals surface area contributed by atoms with Gasteiger partial charge in [-0.05, 0) is 31.8 Å². The number of hydrogen-bond donors (Lipinski definition) is 0. The van der Waals surface area contributed by atoms with Crippen LogP contribution in [0.1, 0.15) is 5.56 Å². The molecule has 0 fully saturated rings. The van der Waals surface area contributed by atoms with E-state index in [4.69, 9.17) is 0 Å². The van der Waals surface area contributed by atoms with Gasteiger partial charge in [0.1, 0.15) is 0 Å². The Labute approximate surface area is 116 Å². The van der Waals surface area contributed by atoms with E-state index in [1.54, 1.807) is 12.4 Å². The Morgan fingerprint density at radius 1 is 0.842 bits per heavy atom. The maximum atomic E-state index is 3.90. The van der Waals surface area contributed by atoms with Gasteiger partial charge in [-0.3, -0.25) is 4.98 Å². The van der Waals surface area contributed by atoms with Crippen molar-refractivity contribution >= 4 is 5.69 Å². The van der Waals surface area contributed by atoms with Crippen molar-refractivity contribution in [3.05, 3.63) is 60.4 Å². The van der Waals surface area contributed by atoms with Crippen LogP contribution in [-0.2, 0) is 6.54 Å². The second-order valence-electron chi connectivity index (χ2n) is 4.82. The molecule has 0 atom stereocenters. The molecule has 0 aliphatic rings. The molecule has 1 aromatic heterocycles. The van der Waals surface area contributed by atoms with Gasteiger partial charge < -0.3 is 9.80 Å². The van der Waals surface area contributed by atoms with E-state index in [0.29, 0.717) is 0 Å². The van der Waals surface area contributed by atoms with Crippen LogP contribution in [0.15, 0.2) is 54.9 Å². The maximum Gasteiger partial charge on any atom is 0.0391 e. The predicted molar refractivity (Wildman–Crippen MR) is 82.4 cm³/mol. The summed E-state index contributed by atoms with van der Waals surface area (Å²) in [6.45, 7) is 1.03. The summed E-state index contributed by atoms with van der Waals surface area (Å²) in [4.78, 5) is 8.11. The lowest BCUT2D eigenvalue weighted by atomic mass is 10.2. The SMILES string of the molecule is CN(C)Cc1ccccc1.CN(C)c1ccncc1. The summed E-state index contributed by atoms with van der Waals surface area (Å²) in [5.41, 5.74) is 2.55. The summed E-state index contributed by atoms with van der Waals surface area (Å²) in [5.74, 6) is 0. The Morgan fingerprint density at radius 3 is 1.84 bits per heavy atom. The molecule has 0 aliphatic carbocycles. The largest absolute Gasteiger partial charge is 0.378 e. The summed E-state index contributed by atoms with van der Waals surface area (Å²) in [7, 11) is 8.17. The minimum atomic E-state index is 1.03. The third-order valence-electron chi connectivity index (χ3n) is 2.52. The van der Waals surface area contributed by atoms with Crippen LogP contribution in [0, 0.1) is 0 Å². The third-order valence-corrected chi connectivity index (χ3v) is 2.52. The summed E-state index contributed by atoms with van der Waals surface area (Å²) < 4.78 is 0. The first-order valence-electron chi connectivity index (χ1n) is 6.35. The van der Waals surface area contributed by atoms with Gasteiger partial charge in [0.05, 0.1) is 0 Å². The molecule has 0 N–H and O–H groups in total. The molecule has 0 aliphatic heterocycles. The first kappa shape index (κ1) is 15.2. The van der Waals surface area contributed by atoms with E-state index in [9.17, 15) is 0 Å². The highest BCUT2D eigenvalue weighted by molar-refractivity contribution is 5.42. The minimum absolute atomic E-state index is 1.03. The van der Waals surface area contributed by atoms with Gasteiger partial charge in [0.2, 0.25) is 0 Å². The molecule has 0 unspecified atom stereocenters. The zero-order valence-corrected chi connectivity index (χ0v) is 12.2. The second-order valence-corrected chi connectivity index (χ2v) is 4.82. The van der Waals surface area contributed by atoms with Crippen molar-refractivity contribution in [2.24, 2.45) is 0 Å². The average Bonchev–Trinajstić information content (AvgIpc) is 2.41. The molecule has 2 rings (SSSR count). The third kappa shape index (κ3) is 6.58. The average molecular weight is 257 g/mol. The van der Waals surface area contributed by atoms with Gasteiger partial charge in [0.15, 0.2) is 0 Å². The minimum Gasteiger partial charge on any atom is -0.378 e. The van der Waals surface area contributed by atoms with Crippen LogP contribution in [-0.4, -0.2) is 38.1 Å². The van der Waals surface area contributed by atoms with Gasteiger partial charge >= 0.3 is 0 Å². The van der Waals surface area contributed by atoms with E-state index in [1.807, 2.05) is 37.2 Å². The van der Waals surface area contributed by atoms with Crippen LogP contribution in [0.2, 0.25) is 0 Å². The van der Waals surface area contributed by atoms with Crippen molar-refractivity contribution in [3.63, 3.8) is 0 Å². The van der Waals surface area contributed by atoms with E-state index in [1.165, 1.54) is 11.3 Å². The molecule has 1 heterocycles. The van der Waals surface area contributed by atoms with Gasteiger partial charge in [-0.25, -0.2) is 0 Å². The van der Waals surface area contributed by atoms with E-state index in [0.717, 1.165) is 6.54 Å². The summed E-state index contributed by atoms with van der Waals surface area (Å²) in [6, 6.07) is 14.4. The van der Waals surface area contributed by atoms with Crippen molar-refractivity contribution in [2.45, 2.75) is 6.54 Å². The van der Waals surface area contributed by atoms with Gasteiger partial charge in [0.25, 0.3) is 0 Å². The Kier molecular flexibility index (Phi) is 6.61. The molecule has 0 radical (unpaired) electrons. The number of anilines is 1. The zero-order chi connectivity index (χ0) is 14.1. The summed E-state index contributed by atoms with van der Waals surface area (Å²) >= 11 is 0. The van der Waals surface area contributed by atoms with Gasteiger partial charge in [-0.1, -0.05) is 30.3 Å². The van der Waals surface area contributed by atoms with E-state index in [-0.39, 0.29) is 0 Å². The smallest absolute Gasteiger partial charge is 0.0391 e. The molecule has 0 saturated carbocycles. The number of nitrogens with zero attached hydrogens (tertiary/aromatic N) is 3. The number of rotatable bonds is 3. The van der Waals surface area contributed by atoms with Crippen molar-refractivity contribution in [1.82, 2.24) is 9.88 Å². The van der Waals surface area contributed by atoms with Crippen molar-refractivity contribution < 1.29 is 0 Å². The second kappa shape index (κ2) is 8.27. The fourth-order valence-electron chi connectivity index (χ4n) is 1.59. The molecule has 0 spiro atoms. The van der Waals surface area contributed by atoms with Crippen molar-refractivity contribution in [2.75, 3.05) is 33.1 Å². The van der Waals surface area contributed by atoms with Gasteiger partial charge in [-0.2, -0.15) is 0 Å². The molecule has 0 bridgehead atoms. The Morgan fingerprint density at radius 2 is 1.42 bits per heavy atom. The monoisotopic (exact) mass is 257 g/mol. The molecule has 1 aromatic carbocycles. The molecule has 2 aromatic rings. The molecule has 0 amide bonds. The normalized spacial score (nSPS) is 9.74. The Hall–Kier alpha value is -1.87. The topological polar surface area (TPSA) is 19.4 Å². The number of aromatic nitrogens is 1. The van der Waals surface area contributed by atoms with Crippen molar-refractivity contribution in [1.29, 1.82) is 0 Å². The van der Waals surface area contributed by atoms with E-state index >= 15 is 0 Å². The highest BCUT2D eigenvalue weighted by Gasteiger charge is 1.90. The highest BCUT2D eigenvalue weighted by atomic mass is 15.1. The molecular weight excluding hydrogens is 234 g/mol. The number of benzene rings is 1. The molecular formula is C16H23N3. The molecule has 102 valence electrons.